The standard InChI is InChI=1S/C14H20N2O2/c1-16(9-11-6-13(17)7-11)14(18)8-10-3-2-4-12(15)5-10/h2-5,11,13,17H,6-9,15H2,1H3. The van der Waals surface area contributed by atoms with Crippen molar-refractivity contribution in [3.8, 4) is 0 Å². The number of likely N-dealkylation sites (N-methyl/N-ethyl adjacent to an activating group) is 1. The van der Waals surface area contributed by atoms with Gasteiger partial charge in [-0.1, -0.05) is 12.1 Å². The van der Waals surface area contributed by atoms with Crippen LogP contribution in [-0.4, -0.2) is 35.6 Å². The Morgan fingerprint density at radius 2 is 2.22 bits per heavy atom. The predicted molar refractivity (Wildman–Crippen MR) is 70.9 cm³/mol. The van der Waals surface area contributed by atoms with E-state index in [1.807, 2.05) is 31.3 Å². The summed E-state index contributed by atoms with van der Waals surface area (Å²) in [5, 5.41) is 9.22. The minimum Gasteiger partial charge on any atom is -0.399 e. The van der Waals surface area contributed by atoms with Gasteiger partial charge in [0.15, 0.2) is 0 Å². The number of carbonyl (C=O) groups excluding carboxylic acids is 1. The van der Waals surface area contributed by atoms with Crippen LogP contribution < -0.4 is 5.73 Å². The van der Waals surface area contributed by atoms with Crippen molar-refractivity contribution in [2.75, 3.05) is 19.3 Å². The maximum absolute atomic E-state index is 12.0. The van der Waals surface area contributed by atoms with E-state index in [1.165, 1.54) is 0 Å². The number of anilines is 1. The number of benzene rings is 1. The highest BCUT2D eigenvalue weighted by Crippen LogP contribution is 2.27. The van der Waals surface area contributed by atoms with Gasteiger partial charge in [-0.05, 0) is 36.5 Å². The highest BCUT2D eigenvalue weighted by molar-refractivity contribution is 5.78. The van der Waals surface area contributed by atoms with E-state index in [0.717, 1.165) is 24.9 Å². The van der Waals surface area contributed by atoms with Gasteiger partial charge in [-0.3, -0.25) is 4.79 Å². The van der Waals surface area contributed by atoms with Gasteiger partial charge in [0.2, 0.25) is 5.91 Å². The van der Waals surface area contributed by atoms with Gasteiger partial charge in [-0.2, -0.15) is 0 Å². The zero-order valence-corrected chi connectivity index (χ0v) is 10.7. The van der Waals surface area contributed by atoms with Crippen LogP contribution in [0.25, 0.3) is 0 Å². The lowest BCUT2D eigenvalue weighted by Gasteiger charge is -2.34. The number of nitrogens with zero attached hydrogens (tertiary/aromatic N) is 1. The summed E-state index contributed by atoms with van der Waals surface area (Å²) in [7, 11) is 1.82. The molecule has 0 aliphatic heterocycles. The van der Waals surface area contributed by atoms with Crippen molar-refractivity contribution in [1.82, 2.24) is 4.90 Å². The van der Waals surface area contributed by atoms with E-state index in [1.54, 1.807) is 4.90 Å². The second-order valence-corrected chi connectivity index (χ2v) is 5.19. The Morgan fingerprint density at radius 3 is 2.83 bits per heavy atom. The lowest BCUT2D eigenvalue weighted by atomic mass is 9.82. The fourth-order valence-electron chi connectivity index (χ4n) is 2.35. The van der Waals surface area contributed by atoms with Crippen LogP contribution in [0.1, 0.15) is 18.4 Å². The van der Waals surface area contributed by atoms with Gasteiger partial charge in [0.05, 0.1) is 12.5 Å². The maximum Gasteiger partial charge on any atom is 0.226 e. The Balaban J connectivity index is 1.83. The molecule has 18 heavy (non-hydrogen) atoms. The molecule has 3 N–H and O–H groups in total. The summed E-state index contributed by atoms with van der Waals surface area (Å²) in [5.74, 6) is 0.553. The Morgan fingerprint density at radius 1 is 1.50 bits per heavy atom. The summed E-state index contributed by atoms with van der Waals surface area (Å²) in [6.45, 7) is 0.734. The number of nitrogen functional groups attached to an aromatic ring is 1. The summed E-state index contributed by atoms with van der Waals surface area (Å²) in [6.07, 6.45) is 1.86. The average Bonchev–Trinajstić information content (AvgIpc) is 2.26. The number of hydrogen-bond donors (Lipinski definition) is 2. The number of aliphatic hydroxyl groups excluding tert-OH is 1. The minimum absolute atomic E-state index is 0.0991. The second kappa shape index (κ2) is 5.40. The monoisotopic (exact) mass is 248 g/mol. The molecule has 0 heterocycles. The smallest absolute Gasteiger partial charge is 0.226 e. The first kappa shape index (κ1) is 12.9. The fraction of sp³-hybridized carbons (Fsp3) is 0.500. The van der Waals surface area contributed by atoms with Crippen molar-refractivity contribution in [3.05, 3.63) is 29.8 Å². The maximum atomic E-state index is 12.0. The highest BCUT2D eigenvalue weighted by atomic mass is 16.3. The summed E-state index contributed by atoms with van der Waals surface area (Å²) in [6, 6.07) is 7.42. The number of aliphatic hydroxyl groups is 1. The number of rotatable bonds is 4. The van der Waals surface area contributed by atoms with Crippen LogP contribution >= 0.6 is 0 Å². The van der Waals surface area contributed by atoms with Crippen molar-refractivity contribution in [2.24, 2.45) is 5.92 Å². The van der Waals surface area contributed by atoms with E-state index in [4.69, 9.17) is 5.73 Å². The SMILES string of the molecule is CN(CC1CC(O)C1)C(=O)Cc1cccc(N)c1. The first-order chi connectivity index (χ1) is 8.54. The third-order valence-corrected chi connectivity index (χ3v) is 3.48. The molecule has 4 nitrogen and oxygen atoms in total. The molecule has 1 amide bonds. The molecule has 1 aliphatic carbocycles. The largest absolute Gasteiger partial charge is 0.399 e. The summed E-state index contributed by atoms with van der Waals surface area (Å²) in [4.78, 5) is 13.8. The van der Waals surface area contributed by atoms with Crippen LogP contribution in [0.2, 0.25) is 0 Å². The van der Waals surface area contributed by atoms with Crippen LogP contribution in [0.5, 0.6) is 0 Å². The van der Waals surface area contributed by atoms with Gasteiger partial charge >= 0.3 is 0 Å². The molecule has 98 valence electrons. The molecule has 2 rings (SSSR count). The molecular weight excluding hydrogens is 228 g/mol. The van der Waals surface area contributed by atoms with Gasteiger partial charge in [-0.15, -0.1) is 0 Å². The van der Waals surface area contributed by atoms with Crippen molar-refractivity contribution in [1.29, 1.82) is 0 Å². The van der Waals surface area contributed by atoms with Crippen LogP contribution in [0.4, 0.5) is 5.69 Å². The molecule has 1 aromatic rings. The molecule has 0 radical (unpaired) electrons. The molecular formula is C14H20N2O2. The Kier molecular flexibility index (Phi) is 3.87. The molecule has 4 heteroatoms. The highest BCUT2D eigenvalue weighted by Gasteiger charge is 2.28. The Labute approximate surface area is 107 Å². The van der Waals surface area contributed by atoms with Crippen LogP contribution in [0.15, 0.2) is 24.3 Å². The molecule has 0 spiro atoms. The molecule has 1 aliphatic rings. The van der Waals surface area contributed by atoms with E-state index < -0.39 is 0 Å². The van der Waals surface area contributed by atoms with Crippen LogP contribution in [0.3, 0.4) is 0 Å². The number of nitrogens with two attached hydrogens (primary N) is 1. The first-order valence-corrected chi connectivity index (χ1v) is 6.31. The quantitative estimate of drug-likeness (QED) is 0.782. The van der Waals surface area contributed by atoms with Crippen LogP contribution in [-0.2, 0) is 11.2 Å². The molecule has 0 atom stereocenters. The van der Waals surface area contributed by atoms with Crippen molar-refractivity contribution in [3.63, 3.8) is 0 Å². The van der Waals surface area contributed by atoms with Crippen molar-refractivity contribution >= 4 is 11.6 Å². The summed E-state index contributed by atoms with van der Waals surface area (Å²) in [5.41, 5.74) is 7.31. The zero-order valence-electron chi connectivity index (χ0n) is 10.7. The lowest BCUT2D eigenvalue weighted by molar-refractivity contribution is -0.130. The van der Waals surface area contributed by atoms with E-state index in [9.17, 15) is 9.90 Å². The molecule has 0 saturated heterocycles. The molecule has 1 saturated carbocycles. The third kappa shape index (κ3) is 3.23. The van der Waals surface area contributed by atoms with E-state index in [2.05, 4.69) is 0 Å². The minimum atomic E-state index is -0.160. The molecule has 0 unspecified atom stereocenters. The number of hydrogen-bond acceptors (Lipinski definition) is 3. The Hall–Kier alpha value is -1.55. The lowest BCUT2D eigenvalue weighted by Crippen LogP contribution is -2.40. The number of amides is 1. The molecule has 0 bridgehead atoms. The predicted octanol–water partition coefficient (Wildman–Crippen LogP) is 1.04. The van der Waals surface area contributed by atoms with Gasteiger partial charge in [0, 0.05) is 19.3 Å². The third-order valence-electron chi connectivity index (χ3n) is 3.48. The topological polar surface area (TPSA) is 66.6 Å². The van der Waals surface area contributed by atoms with Crippen LogP contribution in [0, 0.1) is 5.92 Å². The van der Waals surface area contributed by atoms with E-state index in [0.29, 0.717) is 18.0 Å². The summed E-state index contributed by atoms with van der Waals surface area (Å²) >= 11 is 0. The van der Waals surface area contributed by atoms with Gasteiger partial charge < -0.3 is 15.7 Å². The van der Waals surface area contributed by atoms with Gasteiger partial charge in [0.25, 0.3) is 0 Å². The molecule has 0 aromatic heterocycles. The van der Waals surface area contributed by atoms with E-state index in [-0.39, 0.29) is 12.0 Å². The fourth-order valence-corrected chi connectivity index (χ4v) is 2.35. The molecule has 1 aromatic carbocycles. The average molecular weight is 248 g/mol. The van der Waals surface area contributed by atoms with Crippen molar-refractivity contribution < 1.29 is 9.90 Å². The van der Waals surface area contributed by atoms with Gasteiger partial charge in [0.1, 0.15) is 0 Å². The van der Waals surface area contributed by atoms with Gasteiger partial charge in [-0.25, -0.2) is 0 Å². The molecule has 1 fully saturated rings. The number of carbonyl (C=O) groups is 1. The Bertz CT molecular complexity index is 428. The van der Waals surface area contributed by atoms with E-state index >= 15 is 0 Å². The summed E-state index contributed by atoms with van der Waals surface area (Å²) < 4.78 is 0. The normalized spacial score (nSPS) is 22.3. The van der Waals surface area contributed by atoms with Crippen molar-refractivity contribution in [2.45, 2.75) is 25.4 Å². The zero-order chi connectivity index (χ0) is 13.1. The first-order valence-electron chi connectivity index (χ1n) is 6.31. The second-order valence-electron chi connectivity index (χ2n) is 5.19.